The Bertz CT molecular complexity index is 312. The maximum atomic E-state index is 11.4. The van der Waals surface area contributed by atoms with Crippen molar-refractivity contribution in [3.63, 3.8) is 0 Å². The van der Waals surface area contributed by atoms with Crippen LogP contribution in [-0.2, 0) is 9.53 Å². The molecule has 0 radical (unpaired) electrons. The number of likely N-dealkylation sites (tertiary alicyclic amines) is 1. The number of hydrogen-bond acceptors (Lipinski definition) is 4. The van der Waals surface area contributed by atoms with Crippen molar-refractivity contribution in [3.8, 4) is 0 Å². The average molecular weight is 269 g/mol. The minimum absolute atomic E-state index is 0.167. The zero-order chi connectivity index (χ0) is 13.9. The molecule has 19 heavy (non-hydrogen) atoms. The highest BCUT2D eigenvalue weighted by atomic mass is 16.5. The summed E-state index contributed by atoms with van der Waals surface area (Å²) < 4.78 is 5.74. The molecule has 0 N–H and O–H groups in total. The summed E-state index contributed by atoms with van der Waals surface area (Å²) in [6, 6.07) is 0. The summed E-state index contributed by atoms with van der Waals surface area (Å²) in [5.41, 5.74) is 0.167. The second-order valence-electron chi connectivity index (χ2n) is 6.07. The Morgan fingerprint density at radius 3 is 2.53 bits per heavy atom. The van der Waals surface area contributed by atoms with E-state index in [1.165, 1.54) is 0 Å². The third-order valence-electron chi connectivity index (χ3n) is 4.50. The van der Waals surface area contributed by atoms with Crippen molar-refractivity contribution in [2.75, 3.05) is 60.0 Å². The first kappa shape index (κ1) is 14.8. The third-order valence-corrected chi connectivity index (χ3v) is 4.50. The Morgan fingerprint density at radius 2 is 1.95 bits per heavy atom. The van der Waals surface area contributed by atoms with Gasteiger partial charge in [-0.3, -0.25) is 9.69 Å². The van der Waals surface area contributed by atoms with E-state index in [0.717, 1.165) is 58.8 Å². The molecule has 0 atom stereocenters. The van der Waals surface area contributed by atoms with Crippen LogP contribution in [0.15, 0.2) is 0 Å². The van der Waals surface area contributed by atoms with Crippen molar-refractivity contribution in [2.24, 2.45) is 0 Å². The number of carbonyl (C=O) groups is 1. The molecule has 0 saturated carbocycles. The van der Waals surface area contributed by atoms with E-state index in [4.69, 9.17) is 4.74 Å². The normalized spacial score (nSPS) is 24.1. The van der Waals surface area contributed by atoms with Crippen LogP contribution in [-0.4, -0.2) is 86.2 Å². The summed E-state index contributed by atoms with van der Waals surface area (Å²) in [6.07, 6.45) is 2.08. The summed E-state index contributed by atoms with van der Waals surface area (Å²) in [5.74, 6) is 0.200. The number of carbonyl (C=O) groups excluding carboxylic acids is 1. The van der Waals surface area contributed by atoms with Gasteiger partial charge in [-0.2, -0.15) is 0 Å². The SMILES string of the molecule is CC(=O)N1CCC2(CC1)COCCN2CCN(C)C. The topological polar surface area (TPSA) is 36.0 Å². The van der Waals surface area contributed by atoms with Gasteiger partial charge in [0, 0.05) is 45.2 Å². The number of likely N-dealkylation sites (N-methyl/N-ethyl adjacent to an activating group) is 1. The lowest BCUT2D eigenvalue weighted by molar-refractivity contribution is -0.136. The molecule has 110 valence electrons. The molecule has 2 aliphatic rings. The van der Waals surface area contributed by atoms with E-state index in [-0.39, 0.29) is 11.4 Å². The van der Waals surface area contributed by atoms with Crippen molar-refractivity contribution >= 4 is 5.91 Å². The van der Waals surface area contributed by atoms with Gasteiger partial charge < -0.3 is 14.5 Å². The van der Waals surface area contributed by atoms with Crippen LogP contribution in [0.4, 0.5) is 0 Å². The largest absolute Gasteiger partial charge is 0.378 e. The molecule has 0 aromatic heterocycles. The maximum Gasteiger partial charge on any atom is 0.219 e. The van der Waals surface area contributed by atoms with Gasteiger partial charge in [0.25, 0.3) is 0 Å². The third kappa shape index (κ3) is 3.46. The van der Waals surface area contributed by atoms with Gasteiger partial charge in [0.2, 0.25) is 5.91 Å². The highest BCUT2D eigenvalue weighted by molar-refractivity contribution is 5.73. The monoisotopic (exact) mass is 269 g/mol. The molecule has 5 heteroatoms. The molecule has 1 amide bonds. The molecule has 2 heterocycles. The van der Waals surface area contributed by atoms with Crippen molar-refractivity contribution in [1.82, 2.24) is 14.7 Å². The number of amides is 1. The Morgan fingerprint density at radius 1 is 1.26 bits per heavy atom. The van der Waals surface area contributed by atoms with E-state index in [2.05, 4.69) is 23.9 Å². The average Bonchev–Trinajstić information content (AvgIpc) is 2.38. The fourth-order valence-electron chi connectivity index (χ4n) is 3.13. The zero-order valence-corrected chi connectivity index (χ0v) is 12.5. The van der Waals surface area contributed by atoms with Crippen LogP contribution in [0, 0.1) is 0 Å². The van der Waals surface area contributed by atoms with Gasteiger partial charge in [-0.15, -0.1) is 0 Å². The molecule has 0 aromatic carbocycles. The highest BCUT2D eigenvalue weighted by Crippen LogP contribution is 2.31. The lowest BCUT2D eigenvalue weighted by Crippen LogP contribution is -2.62. The second kappa shape index (κ2) is 6.20. The number of rotatable bonds is 3. The molecule has 5 nitrogen and oxygen atoms in total. The molecule has 2 saturated heterocycles. The van der Waals surface area contributed by atoms with E-state index in [1.807, 2.05) is 4.90 Å². The standard InChI is InChI=1S/C14H27N3O2/c1-13(18)16-6-4-14(5-7-16)12-19-11-10-17(14)9-8-15(2)3/h4-12H2,1-3H3. The predicted molar refractivity (Wildman–Crippen MR) is 75.2 cm³/mol. The van der Waals surface area contributed by atoms with Crippen LogP contribution < -0.4 is 0 Å². The molecule has 0 aliphatic carbocycles. The van der Waals surface area contributed by atoms with Crippen molar-refractivity contribution in [1.29, 1.82) is 0 Å². The minimum Gasteiger partial charge on any atom is -0.378 e. The number of ether oxygens (including phenoxy) is 1. The summed E-state index contributed by atoms with van der Waals surface area (Å²) in [7, 11) is 4.23. The van der Waals surface area contributed by atoms with Crippen LogP contribution in [0.3, 0.4) is 0 Å². The Kier molecular flexibility index (Phi) is 4.81. The Labute approximate surface area is 116 Å². The van der Waals surface area contributed by atoms with Crippen LogP contribution >= 0.6 is 0 Å². The molecule has 0 bridgehead atoms. The lowest BCUT2D eigenvalue weighted by atomic mass is 9.85. The zero-order valence-electron chi connectivity index (χ0n) is 12.5. The van der Waals surface area contributed by atoms with E-state index in [0.29, 0.717) is 0 Å². The van der Waals surface area contributed by atoms with Crippen LogP contribution in [0.1, 0.15) is 19.8 Å². The maximum absolute atomic E-state index is 11.4. The van der Waals surface area contributed by atoms with Gasteiger partial charge in [0.15, 0.2) is 0 Å². The summed E-state index contributed by atoms with van der Waals surface area (Å²) in [4.78, 5) is 18.2. The van der Waals surface area contributed by atoms with Gasteiger partial charge in [0.05, 0.1) is 13.2 Å². The van der Waals surface area contributed by atoms with Gasteiger partial charge in [-0.25, -0.2) is 0 Å². The summed E-state index contributed by atoms with van der Waals surface area (Å²) >= 11 is 0. The molecule has 2 rings (SSSR count). The van der Waals surface area contributed by atoms with Crippen molar-refractivity contribution < 1.29 is 9.53 Å². The molecule has 2 aliphatic heterocycles. The first-order valence-corrected chi connectivity index (χ1v) is 7.26. The second-order valence-corrected chi connectivity index (χ2v) is 6.07. The first-order valence-electron chi connectivity index (χ1n) is 7.26. The quantitative estimate of drug-likeness (QED) is 0.736. The van der Waals surface area contributed by atoms with Crippen molar-refractivity contribution in [3.05, 3.63) is 0 Å². The van der Waals surface area contributed by atoms with E-state index >= 15 is 0 Å². The number of piperidine rings is 1. The van der Waals surface area contributed by atoms with Gasteiger partial charge >= 0.3 is 0 Å². The smallest absolute Gasteiger partial charge is 0.219 e. The van der Waals surface area contributed by atoms with Gasteiger partial charge in [0.1, 0.15) is 0 Å². The first-order chi connectivity index (χ1) is 9.03. The summed E-state index contributed by atoms with van der Waals surface area (Å²) in [6.45, 7) is 8.27. The number of nitrogens with zero attached hydrogens (tertiary/aromatic N) is 3. The fourth-order valence-corrected chi connectivity index (χ4v) is 3.13. The molecule has 0 aromatic rings. The predicted octanol–water partition coefficient (Wildman–Crippen LogP) is 0.261. The Hall–Kier alpha value is -0.650. The van der Waals surface area contributed by atoms with Crippen LogP contribution in [0.25, 0.3) is 0 Å². The number of morpholine rings is 1. The minimum atomic E-state index is 0.167. The van der Waals surface area contributed by atoms with Crippen LogP contribution in [0.2, 0.25) is 0 Å². The van der Waals surface area contributed by atoms with Crippen molar-refractivity contribution in [2.45, 2.75) is 25.3 Å². The molecular weight excluding hydrogens is 242 g/mol. The molecule has 2 fully saturated rings. The lowest BCUT2D eigenvalue weighted by Gasteiger charge is -2.51. The number of hydrogen-bond donors (Lipinski definition) is 0. The van der Waals surface area contributed by atoms with E-state index in [1.54, 1.807) is 6.92 Å². The Balaban J connectivity index is 1.96. The summed E-state index contributed by atoms with van der Waals surface area (Å²) in [5, 5.41) is 0. The van der Waals surface area contributed by atoms with Gasteiger partial charge in [-0.05, 0) is 26.9 Å². The van der Waals surface area contributed by atoms with Gasteiger partial charge in [-0.1, -0.05) is 0 Å². The molecule has 1 spiro atoms. The molecule has 0 unspecified atom stereocenters. The fraction of sp³-hybridized carbons (Fsp3) is 0.929. The highest BCUT2D eigenvalue weighted by Gasteiger charge is 2.42. The van der Waals surface area contributed by atoms with E-state index < -0.39 is 0 Å². The van der Waals surface area contributed by atoms with Crippen LogP contribution in [0.5, 0.6) is 0 Å². The van der Waals surface area contributed by atoms with E-state index in [9.17, 15) is 4.79 Å². The molecular formula is C14H27N3O2.